The molecule has 27 heavy (non-hydrogen) atoms. The molecule has 0 saturated heterocycles. The molecule has 2 atom stereocenters. The molecule has 0 aliphatic heterocycles. The number of ether oxygens (including phenoxy) is 3. The van der Waals surface area contributed by atoms with Gasteiger partial charge in [0.2, 0.25) is 0 Å². The van der Waals surface area contributed by atoms with Crippen LogP contribution in [0.3, 0.4) is 0 Å². The normalized spacial score (nSPS) is 12.8. The molecule has 0 radical (unpaired) electrons. The highest BCUT2D eigenvalue weighted by molar-refractivity contribution is 6.04. The maximum atomic E-state index is 12.5. The molecular weight excluding hydrogens is 352 g/mol. The van der Waals surface area contributed by atoms with Crippen LogP contribution in [0.15, 0.2) is 24.3 Å². The molecule has 0 spiro atoms. The molecule has 148 valence electrons. The molecule has 0 amide bonds. The zero-order valence-corrected chi connectivity index (χ0v) is 16.3. The number of carbonyl (C=O) groups is 4. The summed E-state index contributed by atoms with van der Waals surface area (Å²) in [6.45, 7) is 5.85. The van der Waals surface area contributed by atoms with Crippen LogP contribution in [0.25, 0.3) is 0 Å². The van der Waals surface area contributed by atoms with Gasteiger partial charge in [-0.3, -0.25) is 19.2 Å². The fraction of sp³-hybridized carbons (Fsp3) is 0.500. The van der Waals surface area contributed by atoms with Crippen molar-refractivity contribution in [2.75, 3.05) is 20.3 Å². The Morgan fingerprint density at radius 1 is 0.815 bits per heavy atom. The summed E-state index contributed by atoms with van der Waals surface area (Å²) in [5.74, 6) is -5.64. The van der Waals surface area contributed by atoms with Gasteiger partial charge < -0.3 is 14.2 Å². The van der Waals surface area contributed by atoms with E-state index in [4.69, 9.17) is 14.2 Å². The van der Waals surface area contributed by atoms with Crippen LogP contribution in [0.5, 0.6) is 5.75 Å². The molecule has 0 unspecified atom stereocenters. The number of ketones is 2. The van der Waals surface area contributed by atoms with Gasteiger partial charge in [-0.05, 0) is 45.4 Å². The maximum absolute atomic E-state index is 12.5. The van der Waals surface area contributed by atoms with Crippen molar-refractivity contribution in [1.29, 1.82) is 0 Å². The van der Waals surface area contributed by atoms with Crippen molar-refractivity contribution < 1.29 is 33.4 Å². The third kappa shape index (κ3) is 5.64. The van der Waals surface area contributed by atoms with Crippen molar-refractivity contribution in [3.63, 3.8) is 0 Å². The Kier molecular flexibility index (Phi) is 8.65. The number of hydrogen-bond donors (Lipinski definition) is 0. The van der Waals surface area contributed by atoms with Gasteiger partial charge in [0.05, 0.1) is 20.3 Å². The number of Topliss-reactive ketones (excluding diaryl/α,β-unsaturated/α-hetero) is 2. The van der Waals surface area contributed by atoms with Crippen LogP contribution in [0.1, 0.15) is 39.2 Å². The number of carbonyl (C=O) groups excluding carboxylic acids is 4. The largest absolute Gasteiger partial charge is 0.497 e. The minimum Gasteiger partial charge on any atom is -0.497 e. The lowest BCUT2D eigenvalue weighted by molar-refractivity contribution is -0.157. The van der Waals surface area contributed by atoms with E-state index in [1.807, 2.05) is 0 Å². The van der Waals surface area contributed by atoms with E-state index in [0.29, 0.717) is 11.3 Å². The molecule has 0 N–H and O–H groups in total. The first-order valence-electron chi connectivity index (χ1n) is 8.76. The van der Waals surface area contributed by atoms with Gasteiger partial charge in [-0.1, -0.05) is 12.1 Å². The summed E-state index contributed by atoms with van der Waals surface area (Å²) in [4.78, 5) is 49.6. The van der Waals surface area contributed by atoms with Crippen molar-refractivity contribution in [2.45, 2.75) is 33.6 Å². The minimum atomic E-state index is -1.31. The van der Waals surface area contributed by atoms with Crippen LogP contribution >= 0.6 is 0 Å². The predicted octanol–water partition coefficient (Wildman–Crippen LogP) is 2.32. The summed E-state index contributed by atoms with van der Waals surface area (Å²) < 4.78 is 15.2. The summed E-state index contributed by atoms with van der Waals surface area (Å²) in [6.07, 6.45) is 0. The molecule has 0 aromatic heterocycles. The van der Waals surface area contributed by atoms with E-state index in [1.54, 1.807) is 38.1 Å². The number of rotatable bonds is 10. The van der Waals surface area contributed by atoms with Crippen LogP contribution in [0, 0.1) is 11.8 Å². The van der Waals surface area contributed by atoms with Crippen molar-refractivity contribution in [2.24, 2.45) is 11.8 Å². The lowest BCUT2D eigenvalue weighted by atomic mass is 9.73. The van der Waals surface area contributed by atoms with Crippen molar-refractivity contribution in [3.8, 4) is 5.75 Å². The molecule has 1 rings (SSSR count). The van der Waals surface area contributed by atoms with Gasteiger partial charge in [-0.25, -0.2) is 0 Å². The first-order valence-corrected chi connectivity index (χ1v) is 8.76. The van der Waals surface area contributed by atoms with E-state index in [-0.39, 0.29) is 13.2 Å². The molecule has 0 bridgehead atoms. The van der Waals surface area contributed by atoms with Gasteiger partial charge in [0, 0.05) is 5.92 Å². The van der Waals surface area contributed by atoms with Gasteiger partial charge in [0.1, 0.15) is 29.2 Å². The van der Waals surface area contributed by atoms with Crippen LogP contribution < -0.4 is 4.74 Å². The van der Waals surface area contributed by atoms with E-state index < -0.39 is 41.3 Å². The second kappa shape index (κ2) is 10.4. The third-order valence-electron chi connectivity index (χ3n) is 4.18. The number of benzene rings is 1. The van der Waals surface area contributed by atoms with Crippen LogP contribution in [-0.2, 0) is 28.7 Å². The first-order chi connectivity index (χ1) is 12.8. The summed E-state index contributed by atoms with van der Waals surface area (Å²) in [5, 5.41) is 0. The fourth-order valence-electron chi connectivity index (χ4n) is 3.00. The van der Waals surface area contributed by atoms with E-state index in [9.17, 15) is 19.2 Å². The van der Waals surface area contributed by atoms with Crippen LogP contribution in [0.2, 0.25) is 0 Å². The quantitative estimate of drug-likeness (QED) is 0.455. The lowest BCUT2D eigenvalue weighted by Gasteiger charge is -2.29. The van der Waals surface area contributed by atoms with Gasteiger partial charge >= 0.3 is 11.9 Å². The highest BCUT2D eigenvalue weighted by Gasteiger charge is 2.45. The smallest absolute Gasteiger partial charge is 0.317 e. The molecule has 7 nitrogen and oxygen atoms in total. The molecule has 0 aliphatic carbocycles. The molecule has 0 fully saturated rings. The second-order valence-corrected chi connectivity index (χ2v) is 5.98. The van der Waals surface area contributed by atoms with Crippen LogP contribution in [0.4, 0.5) is 0 Å². The van der Waals surface area contributed by atoms with E-state index in [1.165, 1.54) is 21.0 Å². The number of esters is 2. The third-order valence-corrected chi connectivity index (χ3v) is 4.18. The van der Waals surface area contributed by atoms with Gasteiger partial charge in [0.25, 0.3) is 0 Å². The number of methoxy groups -OCH3 is 1. The molecule has 0 saturated carbocycles. The standard InChI is InChI=1S/C20H26O7/c1-6-26-19(23)16(12(3)21)18(14-8-10-15(25-5)11-9-14)17(13(4)22)20(24)27-7-2/h8-11,16-18H,6-7H2,1-5H3/t16-,17-/m0/s1. The summed E-state index contributed by atoms with van der Waals surface area (Å²) in [7, 11) is 1.50. The summed E-state index contributed by atoms with van der Waals surface area (Å²) in [5.41, 5.74) is 0.470. The molecule has 7 heteroatoms. The van der Waals surface area contributed by atoms with Crippen molar-refractivity contribution in [3.05, 3.63) is 29.8 Å². The Hall–Kier alpha value is -2.70. The Morgan fingerprint density at radius 2 is 1.22 bits per heavy atom. The Bertz CT molecular complexity index is 642. The molecule has 1 aromatic carbocycles. The van der Waals surface area contributed by atoms with Crippen molar-refractivity contribution in [1.82, 2.24) is 0 Å². The van der Waals surface area contributed by atoms with E-state index >= 15 is 0 Å². The zero-order chi connectivity index (χ0) is 20.6. The van der Waals surface area contributed by atoms with Gasteiger partial charge in [-0.15, -0.1) is 0 Å². The summed E-state index contributed by atoms with van der Waals surface area (Å²) in [6, 6.07) is 6.50. The Morgan fingerprint density at radius 3 is 1.52 bits per heavy atom. The second-order valence-electron chi connectivity index (χ2n) is 5.98. The lowest BCUT2D eigenvalue weighted by Crippen LogP contribution is -2.40. The first kappa shape index (κ1) is 22.3. The van der Waals surface area contributed by atoms with E-state index in [0.717, 1.165) is 0 Å². The van der Waals surface area contributed by atoms with Gasteiger partial charge in [0.15, 0.2) is 0 Å². The van der Waals surface area contributed by atoms with Gasteiger partial charge in [-0.2, -0.15) is 0 Å². The maximum Gasteiger partial charge on any atom is 0.317 e. The fourth-order valence-corrected chi connectivity index (χ4v) is 3.00. The zero-order valence-electron chi connectivity index (χ0n) is 16.3. The molecule has 0 heterocycles. The Balaban J connectivity index is 3.56. The highest BCUT2D eigenvalue weighted by Crippen LogP contribution is 2.36. The monoisotopic (exact) mass is 378 g/mol. The van der Waals surface area contributed by atoms with Crippen molar-refractivity contribution >= 4 is 23.5 Å². The summed E-state index contributed by atoms with van der Waals surface area (Å²) >= 11 is 0. The average Bonchev–Trinajstić information content (AvgIpc) is 2.61. The van der Waals surface area contributed by atoms with Crippen LogP contribution in [-0.4, -0.2) is 43.8 Å². The molecular formula is C20H26O7. The highest BCUT2D eigenvalue weighted by atomic mass is 16.5. The van der Waals surface area contributed by atoms with E-state index in [2.05, 4.69) is 0 Å². The molecule has 1 aromatic rings. The minimum absolute atomic E-state index is 0.0715. The average molecular weight is 378 g/mol. The Labute approximate surface area is 159 Å². The number of hydrogen-bond acceptors (Lipinski definition) is 7. The predicted molar refractivity (Wildman–Crippen MR) is 97.3 cm³/mol. The topological polar surface area (TPSA) is 96.0 Å². The SMILES string of the molecule is CCOC(=O)[C@@H](C(C)=O)C(c1ccc(OC)cc1)[C@H](C(C)=O)C(=O)OCC. The molecule has 0 aliphatic rings.